The third-order valence-corrected chi connectivity index (χ3v) is 5.83. The van der Waals surface area contributed by atoms with Crippen LogP contribution >= 0.6 is 0 Å². The summed E-state index contributed by atoms with van der Waals surface area (Å²) < 4.78 is 16.8. The van der Waals surface area contributed by atoms with Crippen LogP contribution in [0.25, 0.3) is 22.6 Å². The molecule has 0 aliphatic rings. The summed E-state index contributed by atoms with van der Waals surface area (Å²) in [6, 6.07) is 5.29. The molecule has 0 spiro atoms. The minimum Gasteiger partial charge on any atom is -0.506 e. The average molecular weight is 485 g/mol. The van der Waals surface area contributed by atoms with Crippen molar-refractivity contribution in [2.24, 2.45) is 0 Å². The summed E-state index contributed by atoms with van der Waals surface area (Å²) in [5.41, 5.74) is 0.779. The Morgan fingerprint density at radius 1 is 1.09 bits per heavy atom. The second kappa shape index (κ2) is 11.5. The number of hydrogen-bond acceptors (Lipinski definition) is 8. The number of nitrogens with one attached hydrogen (secondary N) is 1. The SMILES string of the molecule is CCCCc1[nH]c(=O)c(-c2nnc(CCN(CC)C(C)=O)o2)c(O)c1-c1c(OC)cccc1OC. The molecule has 1 amide bonds. The topological polar surface area (TPSA) is 131 Å². The van der Waals surface area contributed by atoms with Gasteiger partial charge in [-0.3, -0.25) is 9.59 Å². The molecule has 0 fully saturated rings. The predicted molar refractivity (Wildman–Crippen MR) is 131 cm³/mol. The number of nitrogens with zero attached hydrogens (tertiary/aromatic N) is 3. The molecule has 10 nitrogen and oxygen atoms in total. The number of methoxy groups -OCH3 is 2. The molecule has 3 aromatic rings. The Hall–Kier alpha value is -3.82. The van der Waals surface area contributed by atoms with E-state index in [1.54, 1.807) is 23.1 Å². The van der Waals surface area contributed by atoms with E-state index < -0.39 is 5.56 Å². The van der Waals surface area contributed by atoms with Gasteiger partial charge in [-0.2, -0.15) is 0 Å². The Kier molecular flexibility index (Phi) is 8.51. The van der Waals surface area contributed by atoms with E-state index in [0.29, 0.717) is 54.3 Å². The molecular formula is C25H32N4O6. The van der Waals surface area contributed by atoms with Crippen molar-refractivity contribution in [1.29, 1.82) is 0 Å². The minimum atomic E-state index is -0.541. The number of likely N-dealkylation sites (N-methyl/N-ethyl adjacent to an activating group) is 1. The summed E-state index contributed by atoms with van der Waals surface area (Å²) in [5, 5.41) is 19.4. The lowest BCUT2D eigenvalue weighted by atomic mass is 9.96. The molecule has 0 atom stereocenters. The Labute approximate surface area is 203 Å². The number of aryl methyl sites for hydroxylation is 1. The van der Waals surface area contributed by atoms with E-state index in [0.717, 1.165) is 12.8 Å². The number of aromatic hydroxyl groups is 1. The predicted octanol–water partition coefficient (Wildman–Crippen LogP) is 3.57. The second-order valence-corrected chi connectivity index (χ2v) is 8.02. The average Bonchev–Trinajstić information content (AvgIpc) is 3.30. The molecular weight excluding hydrogens is 452 g/mol. The van der Waals surface area contributed by atoms with Gasteiger partial charge in [0.1, 0.15) is 22.8 Å². The number of pyridine rings is 1. The number of hydrogen-bond donors (Lipinski definition) is 2. The van der Waals surface area contributed by atoms with Crippen LogP contribution in [0.15, 0.2) is 27.4 Å². The summed E-state index contributed by atoms with van der Waals surface area (Å²) >= 11 is 0. The molecule has 0 aliphatic carbocycles. The normalized spacial score (nSPS) is 10.9. The van der Waals surface area contributed by atoms with Crippen molar-refractivity contribution < 1.29 is 23.8 Å². The molecule has 188 valence electrons. The van der Waals surface area contributed by atoms with Crippen LogP contribution in [0.2, 0.25) is 0 Å². The number of amides is 1. The molecule has 0 unspecified atom stereocenters. The first-order valence-electron chi connectivity index (χ1n) is 11.6. The van der Waals surface area contributed by atoms with Crippen LogP contribution in [0.5, 0.6) is 17.2 Å². The molecule has 0 saturated heterocycles. The largest absolute Gasteiger partial charge is 0.506 e. The first-order chi connectivity index (χ1) is 16.9. The van der Waals surface area contributed by atoms with Crippen LogP contribution in [-0.4, -0.2) is 58.4 Å². The highest BCUT2D eigenvalue weighted by Crippen LogP contribution is 2.46. The molecule has 0 aliphatic heterocycles. The van der Waals surface area contributed by atoms with Gasteiger partial charge in [0.05, 0.1) is 25.3 Å². The standard InChI is InChI=1S/C25H32N4O6/c1-6-8-10-16-20(21-17(33-4)11-9-12-18(21)34-5)23(31)22(24(32)26-16)25-28-27-19(35-25)13-14-29(7-2)15(3)30/h9,11-12H,6-8,10,13-14H2,1-5H3,(H2,26,31,32). The molecule has 2 N–H and O–H groups in total. The van der Waals surface area contributed by atoms with Crippen LogP contribution < -0.4 is 15.0 Å². The number of H-pyrrole nitrogens is 1. The van der Waals surface area contributed by atoms with Gasteiger partial charge in [-0.15, -0.1) is 10.2 Å². The Morgan fingerprint density at radius 3 is 2.34 bits per heavy atom. The Bertz CT molecular complexity index is 1210. The van der Waals surface area contributed by atoms with Crippen LogP contribution in [0, 0.1) is 0 Å². The lowest BCUT2D eigenvalue weighted by Crippen LogP contribution is -2.30. The van der Waals surface area contributed by atoms with Crippen LogP contribution in [-0.2, 0) is 17.6 Å². The third-order valence-electron chi connectivity index (χ3n) is 5.83. The maximum Gasteiger partial charge on any atom is 0.264 e. The van der Waals surface area contributed by atoms with Crippen molar-refractivity contribution in [1.82, 2.24) is 20.1 Å². The Morgan fingerprint density at radius 2 is 1.77 bits per heavy atom. The van der Waals surface area contributed by atoms with E-state index in [1.165, 1.54) is 21.1 Å². The number of carbonyl (C=O) groups is 1. The number of carbonyl (C=O) groups excluding carboxylic acids is 1. The highest BCUT2D eigenvalue weighted by atomic mass is 16.5. The first-order valence-corrected chi connectivity index (χ1v) is 11.6. The van der Waals surface area contributed by atoms with Crippen molar-refractivity contribution in [2.45, 2.75) is 46.5 Å². The zero-order valence-electron chi connectivity index (χ0n) is 20.8. The van der Waals surface area contributed by atoms with Crippen molar-refractivity contribution >= 4 is 5.91 Å². The van der Waals surface area contributed by atoms with E-state index in [4.69, 9.17) is 13.9 Å². The maximum absolute atomic E-state index is 13.1. The highest BCUT2D eigenvalue weighted by Gasteiger charge is 2.27. The molecule has 10 heteroatoms. The molecule has 1 aromatic carbocycles. The zero-order valence-corrected chi connectivity index (χ0v) is 20.8. The van der Waals surface area contributed by atoms with Gasteiger partial charge in [0.25, 0.3) is 11.4 Å². The Balaban J connectivity index is 2.14. The molecule has 2 heterocycles. The quantitative estimate of drug-likeness (QED) is 0.422. The van der Waals surface area contributed by atoms with E-state index in [2.05, 4.69) is 15.2 Å². The van der Waals surface area contributed by atoms with E-state index >= 15 is 0 Å². The fraction of sp³-hybridized carbons (Fsp3) is 0.440. The van der Waals surface area contributed by atoms with Gasteiger partial charge in [-0.05, 0) is 31.9 Å². The minimum absolute atomic E-state index is 0.0561. The van der Waals surface area contributed by atoms with Gasteiger partial charge in [0, 0.05) is 32.1 Å². The maximum atomic E-state index is 13.1. The van der Waals surface area contributed by atoms with Gasteiger partial charge >= 0.3 is 0 Å². The number of rotatable bonds is 11. The number of ether oxygens (including phenoxy) is 2. The molecule has 2 aromatic heterocycles. The molecule has 35 heavy (non-hydrogen) atoms. The summed E-state index contributed by atoms with van der Waals surface area (Å²) in [6.45, 7) is 6.37. The zero-order chi connectivity index (χ0) is 25.5. The lowest BCUT2D eigenvalue weighted by Gasteiger charge is -2.18. The van der Waals surface area contributed by atoms with Gasteiger partial charge < -0.3 is 28.9 Å². The van der Waals surface area contributed by atoms with Crippen LogP contribution in [0.1, 0.15) is 45.2 Å². The van der Waals surface area contributed by atoms with Crippen molar-refractivity contribution in [3.05, 3.63) is 40.1 Å². The first kappa shape index (κ1) is 25.8. The van der Waals surface area contributed by atoms with E-state index in [9.17, 15) is 14.7 Å². The second-order valence-electron chi connectivity index (χ2n) is 8.02. The van der Waals surface area contributed by atoms with Crippen LogP contribution in [0.3, 0.4) is 0 Å². The van der Waals surface area contributed by atoms with Crippen molar-refractivity contribution in [3.63, 3.8) is 0 Å². The van der Waals surface area contributed by atoms with Gasteiger partial charge in [-0.1, -0.05) is 19.4 Å². The third kappa shape index (κ3) is 5.47. The molecule has 3 rings (SSSR count). The summed E-state index contributed by atoms with van der Waals surface area (Å²) in [6.07, 6.45) is 2.55. The van der Waals surface area contributed by atoms with E-state index in [-0.39, 0.29) is 29.0 Å². The molecule has 0 radical (unpaired) electrons. The number of aromatic nitrogens is 3. The van der Waals surface area contributed by atoms with Gasteiger partial charge in [0.2, 0.25) is 11.8 Å². The lowest BCUT2D eigenvalue weighted by molar-refractivity contribution is -0.128. The fourth-order valence-electron chi connectivity index (χ4n) is 3.97. The van der Waals surface area contributed by atoms with E-state index in [1.807, 2.05) is 13.8 Å². The summed E-state index contributed by atoms with van der Waals surface area (Å²) in [4.78, 5) is 29.3. The van der Waals surface area contributed by atoms with Crippen LogP contribution in [0.4, 0.5) is 0 Å². The summed E-state index contributed by atoms with van der Waals surface area (Å²) in [5.74, 6) is 0.749. The summed E-state index contributed by atoms with van der Waals surface area (Å²) in [7, 11) is 3.05. The number of unbranched alkanes of at least 4 members (excludes halogenated alkanes) is 1. The van der Waals surface area contributed by atoms with Gasteiger partial charge in [-0.25, -0.2) is 0 Å². The monoisotopic (exact) mass is 484 g/mol. The molecule has 0 bridgehead atoms. The highest BCUT2D eigenvalue weighted by molar-refractivity contribution is 5.87. The van der Waals surface area contributed by atoms with Crippen molar-refractivity contribution in [3.8, 4) is 39.8 Å². The van der Waals surface area contributed by atoms with Crippen molar-refractivity contribution in [2.75, 3.05) is 27.3 Å². The fourth-order valence-corrected chi connectivity index (χ4v) is 3.97. The van der Waals surface area contributed by atoms with Gasteiger partial charge in [0.15, 0.2) is 0 Å². The number of aromatic amines is 1. The molecule has 0 saturated carbocycles. The smallest absolute Gasteiger partial charge is 0.264 e. The number of benzene rings is 1.